The van der Waals surface area contributed by atoms with Crippen molar-refractivity contribution in [3.8, 4) is 10.7 Å². The van der Waals surface area contributed by atoms with Gasteiger partial charge in [0.25, 0.3) is 0 Å². The molecule has 1 unspecified atom stereocenters. The molecule has 1 atom stereocenters. The van der Waals surface area contributed by atoms with E-state index in [2.05, 4.69) is 25.5 Å². The number of hydrogen-bond donors (Lipinski definition) is 2. The number of rotatable bonds is 5. The molecule has 0 amide bonds. The van der Waals surface area contributed by atoms with Gasteiger partial charge in [-0.05, 0) is 37.5 Å². The molecule has 3 aromatic heterocycles. The Morgan fingerprint density at radius 3 is 2.59 bits per heavy atom. The summed E-state index contributed by atoms with van der Waals surface area (Å²) in [5, 5.41) is 24.2. The van der Waals surface area contributed by atoms with Gasteiger partial charge in [-0.2, -0.15) is 0 Å². The van der Waals surface area contributed by atoms with Crippen molar-refractivity contribution in [2.24, 2.45) is 0 Å². The topological polar surface area (TPSA) is 97.0 Å². The number of aliphatic hydroxyl groups is 1. The molecule has 0 spiro atoms. The molecule has 1 saturated carbocycles. The number of aromatic nitrogens is 4. The summed E-state index contributed by atoms with van der Waals surface area (Å²) in [6.07, 6.45) is -0.707. The third-order valence-electron chi connectivity index (χ3n) is 4.85. The smallest absolute Gasteiger partial charge is 0.249 e. The molecule has 2 N–H and O–H groups in total. The fourth-order valence-electron chi connectivity index (χ4n) is 3.32. The number of nitrogens with one attached hydrogen (secondary N) is 1. The number of nitrogens with zero attached hydrogens (tertiary/aromatic N) is 4. The van der Waals surface area contributed by atoms with E-state index in [0.29, 0.717) is 40.8 Å². The first-order valence-corrected chi connectivity index (χ1v) is 10.2. The maximum atomic E-state index is 13.5. The quantitative estimate of drug-likeness (QED) is 0.635. The molecule has 1 aliphatic rings. The fourth-order valence-corrected chi connectivity index (χ4v) is 4.08. The first kappa shape index (κ1) is 19.8. The van der Waals surface area contributed by atoms with Crippen molar-refractivity contribution in [3.05, 3.63) is 40.6 Å². The van der Waals surface area contributed by atoms with Gasteiger partial charge in [-0.15, -0.1) is 21.5 Å². The number of pyridine rings is 1. The molecular formula is C19H21F2N5O2S. The second-order valence-corrected chi connectivity index (χ2v) is 8.16. The molecule has 154 valence electrons. The van der Waals surface area contributed by atoms with Crippen LogP contribution in [0.4, 0.5) is 14.6 Å². The van der Waals surface area contributed by atoms with E-state index < -0.39 is 12.0 Å². The lowest BCUT2D eigenvalue weighted by Crippen LogP contribution is -2.32. The molecular weight excluding hydrogens is 400 g/mol. The number of anilines is 1. The zero-order chi connectivity index (χ0) is 20.6. The van der Waals surface area contributed by atoms with Gasteiger partial charge in [-0.25, -0.2) is 18.7 Å². The van der Waals surface area contributed by atoms with Gasteiger partial charge in [-0.3, -0.25) is 0 Å². The molecule has 3 aromatic rings. The molecule has 10 heteroatoms. The summed E-state index contributed by atoms with van der Waals surface area (Å²) >= 11 is 1.44. The molecule has 0 aromatic carbocycles. The number of halogens is 2. The van der Waals surface area contributed by atoms with E-state index in [0.717, 1.165) is 5.69 Å². The van der Waals surface area contributed by atoms with Crippen molar-refractivity contribution < 1.29 is 18.3 Å². The maximum absolute atomic E-state index is 13.5. The summed E-state index contributed by atoms with van der Waals surface area (Å²) in [4.78, 5) is 9.06. The van der Waals surface area contributed by atoms with Crippen LogP contribution < -0.4 is 5.32 Å². The SMILES string of the molecule is Cc1csc(-c2cc(C(O)c3nnc(C)o3)cc(NC3CCC(F)(F)CC3)n2)n1. The van der Waals surface area contributed by atoms with Gasteiger partial charge in [0.15, 0.2) is 6.10 Å². The summed E-state index contributed by atoms with van der Waals surface area (Å²) in [6.45, 7) is 3.53. The minimum absolute atomic E-state index is 0.0817. The highest BCUT2D eigenvalue weighted by molar-refractivity contribution is 7.13. The van der Waals surface area contributed by atoms with E-state index in [4.69, 9.17) is 4.42 Å². The Morgan fingerprint density at radius 2 is 1.97 bits per heavy atom. The van der Waals surface area contributed by atoms with Crippen LogP contribution in [0.15, 0.2) is 21.9 Å². The predicted molar refractivity (Wildman–Crippen MR) is 104 cm³/mol. The van der Waals surface area contributed by atoms with E-state index >= 15 is 0 Å². The van der Waals surface area contributed by atoms with E-state index in [9.17, 15) is 13.9 Å². The summed E-state index contributed by atoms with van der Waals surface area (Å²) in [7, 11) is 0. The second kappa shape index (κ2) is 7.75. The van der Waals surface area contributed by atoms with Crippen LogP contribution in [-0.2, 0) is 0 Å². The summed E-state index contributed by atoms with van der Waals surface area (Å²) in [5.74, 6) is -1.66. The monoisotopic (exact) mass is 421 g/mol. The minimum Gasteiger partial charge on any atom is -0.422 e. The Bertz CT molecular complexity index is 996. The van der Waals surface area contributed by atoms with Crippen LogP contribution in [0.1, 0.15) is 54.8 Å². The lowest BCUT2D eigenvalue weighted by molar-refractivity contribution is -0.0361. The minimum atomic E-state index is -2.59. The van der Waals surface area contributed by atoms with Crippen molar-refractivity contribution in [2.45, 2.75) is 57.6 Å². The Labute approximate surface area is 170 Å². The number of aryl methyl sites for hydroxylation is 2. The van der Waals surface area contributed by atoms with Crippen molar-refractivity contribution in [1.82, 2.24) is 20.2 Å². The van der Waals surface area contributed by atoms with Crippen molar-refractivity contribution in [3.63, 3.8) is 0 Å². The van der Waals surface area contributed by atoms with Crippen molar-refractivity contribution in [2.75, 3.05) is 5.32 Å². The van der Waals surface area contributed by atoms with Crippen molar-refractivity contribution in [1.29, 1.82) is 0 Å². The maximum Gasteiger partial charge on any atom is 0.249 e. The second-order valence-electron chi connectivity index (χ2n) is 7.30. The zero-order valence-electron chi connectivity index (χ0n) is 16.0. The van der Waals surface area contributed by atoms with Crippen molar-refractivity contribution >= 4 is 17.2 Å². The first-order valence-electron chi connectivity index (χ1n) is 9.36. The number of alkyl halides is 2. The van der Waals surface area contributed by atoms with E-state index in [-0.39, 0.29) is 24.8 Å². The molecule has 7 nitrogen and oxygen atoms in total. The van der Waals surface area contributed by atoms with E-state index in [1.807, 2.05) is 12.3 Å². The Hall–Kier alpha value is -2.46. The van der Waals surface area contributed by atoms with Crippen LogP contribution >= 0.6 is 11.3 Å². The van der Waals surface area contributed by atoms with Crippen LogP contribution in [0, 0.1) is 13.8 Å². The third-order valence-corrected chi connectivity index (χ3v) is 5.83. The number of hydrogen-bond acceptors (Lipinski definition) is 8. The standard InChI is InChI=1S/C19H21F2N5O2S/c1-10-9-29-18(22-10)14-7-12(16(27)17-26-25-11(2)28-17)8-15(24-14)23-13-3-5-19(20,21)6-4-13/h7-9,13,16,27H,3-6H2,1-2H3,(H,23,24). The Balaban J connectivity index is 1.65. The average Bonchev–Trinajstić information content (AvgIpc) is 3.31. The average molecular weight is 421 g/mol. The van der Waals surface area contributed by atoms with Gasteiger partial charge in [0.2, 0.25) is 17.7 Å². The van der Waals surface area contributed by atoms with Gasteiger partial charge >= 0.3 is 0 Å². The van der Waals surface area contributed by atoms with E-state index in [1.165, 1.54) is 11.3 Å². The normalized spacial score (nSPS) is 18.0. The number of thiazole rings is 1. The summed E-state index contributed by atoms with van der Waals surface area (Å²) in [6, 6.07) is 3.30. The Kier molecular flexibility index (Phi) is 5.30. The zero-order valence-corrected chi connectivity index (χ0v) is 16.8. The third kappa shape index (κ3) is 4.59. The van der Waals surface area contributed by atoms with Crippen LogP contribution in [0.2, 0.25) is 0 Å². The molecule has 0 aliphatic heterocycles. The largest absolute Gasteiger partial charge is 0.422 e. The molecule has 0 saturated heterocycles. The lowest BCUT2D eigenvalue weighted by atomic mass is 9.92. The van der Waals surface area contributed by atoms with Gasteiger partial charge in [0.1, 0.15) is 16.5 Å². The molecule has 1 fully saturated rings. The Morgan fingerprint density at radius 1 is 1.21 bits per heavy atom. The highest BCUT2D eigenvalue weighted by Crippen LogP contribution is 2.35. The molecule has 0 radical (unpaired) electrons. The molecule has 4 rings (SSSR count). The highest BCUT2D eigenvalue weighted by Gasteiger charge is 2.35. The highest BCUT2D eigenvalue weighted by atomic mass is 32.1. The van der Waals surface area contributed by atoms with E-state index in [1.54, 1.807) is 19.1 Å². The van der Waals surface area contributed by atoms with Crippen LogP contribution in [0.3, 0.4) is 0 Å². The summed E-state index contributed by atoms with van der Waals surface area (Å²) in [5.41, 5.74) is 1.96. The van der Waals surface area contributed by atoms with Crippen LogP contribution in [0.5, 0.6) is 0 Å². The molecule has 0 bridgehead atoms. The fraction of sp³-hybridized carbons (Fsp3) is 0.474. The van der Waals surface area contributed by atoms with Gasteiger partial charge in [0, 0.05) is 36.9 Å². The lowest BCUT2D eigenvalue weighted by Gasteiger charge is -2.29. The van der Waals surface area contributed by atoms with Gasteiger partial charge < -0.3 is 14.8 Å². The van der Waals surface area contributed by atoms with Gasteiger partial charge in [0.05, 0.1) is 0 Å². The number of aliphatic hydroxyl groups excluding tert-OH is 1. The first-order chi connectivity index (χ1) is 13.8. The van der Waals surface area contributed by atoms with Crippen LogP contribution in [0.25, 0.3) is 10.7 Å². The summed E-state index contributed by atoms with van der Waals surface area (Å²) < 4.78 is 32.3. The van der Waals surface area contributed by atoms with Gasteiger partial charge in [-0.1, -0.05) is 0 Å². The molecule has 29 heavy (non-hydrogen) atoms. The predicted octanol–water partition coefficient (Wildman–Crippen LogP) is 4.28. The van der Waals surface area contributed by atoms with Crippen LogP contribution in [-0.4, -0.2) is 37.2 Å². The molecule has 1 aliphatic carbocycles. The molecule has 3 heterocycles.